The van der Waals surface area contributed by atoms with Crippen LogP contribution in [0.5, 0.6) is 0 Å². The Morgan fingerprint density at radius 2 is 1.16 bits per heavy atom. The van der Waals surface area contributed by atoms with E-state index in [1.54, 1.807) is 12.1 Å². The summed E-state index contributed by atoms with van der Waals surface area (Å²) in [6.07, 6.45) is 2.53. The lowest BCUT2D eigenvalue weighted by Crippen LogP contribution is -2.20. The van der Waals surface area contributed by atoms with Crippen molar-refractivity contribution in [3.8, 4) is 0 Å². The molecule has 160 valence electrons. The summed E-state index contributed by atoms with van der Waals surface area (Å²) >= 11 is 0. The third kappa shape index (κ3) is 7.45. The van der Waals surface area contributed by atoms with E-state index in [4.69, 9.17) is 0 Å². The van der Waals surface area contributed by atoms with Crippen molar-refractivity contribution in [3.63, 3.8) is 0 Å². The van der Waals surface area contributed by atoms with Gasteiger partial charge in [0.2, 0.25) is 11.8 Å². The highest BCUT2D eigenvalue weighted by atomic mass is 16.6. The molecule has 0 atom stereocenters. The van der Waals surface area contributed by atoms with Crippen molar-refractivity contribution in [2.75, 3.05) is 0 Å². The zero-order valence-electron chi connectivity index (χ0n) is 16.1. The minimum atomic E-state index is -0.555. The third-order valence-corrected chi connectivity index (χ3v) is 3.86. The maximum absolute atomic E-state index is 11.8. The Kier molecular flexibility index (Phi) is 8.46. The number of hydrazone groups is 2. The van der Waals surface area contributed by atoms with Gasteiger partial charge in [-0.2, -0.15) is 10.2 Å². The summed E-state index contributed by atoms with van der Waals surface area (Å²) in [7, 11) is 0. The fourth-order valence-corrected chi connectivity index (χ4v) is 2.39. The van der Waals surface area contributed by atoms with E-state index < -0.39 is 21.7 Å². The molecule has 0 aromatic heterocycles. The van der Waals surface area contributed by atoms with Gasteiger partial charge in [-0.05, 0) is 18.6 Å². The summed E-state index contributed by atoms with van der Waals surface area (Å²) in [5.74, 6) is -0.933. The normalized spacial score (nSPS) is 10.8. The van der Waals surface area contributed by atoms with Gasteiger partial charge in [-0.3, -0.25) is 29.8 Å². The number of nitrogens with zero attached hydrogens (tertiary/aromatic N) is 4. The van der Waals surface area contributed by atoms with Crippen molar-refractivity contribution in [2.24, 2.45) is 10.2 Å². The predicted molar refractivity (Wildman–Crippen MR) is 112 cm³/mol. The molecular formula is C19H18N6O6. The Hall–Kier alpha value is -4.48. The second-order valence-electron chi connectivity index (χ2n) is 6.07. The van der Waals surface area contributed by atoms with Crippen LogP contribution in [-0.2, 0) is 9.59 Å². The van der Waals surface area contributed by atoms with Gasteiger partial charge in [0.15, 0.2) is 0 Å². The predicted octanol–water partition coefficient (Wildman–Crippen LogP) is 2.27. The Morgan fingerprint density at radius 1 is 0.774 bits per heavy atom. The molecule has 0 radical (unpaired) electrons. The minimum absolute atomic E-state index is 0.00445. The van der Waals surface area contributed by atoms with Crippen molar-refractivity contribution in [1.82, 2.24) is 10.9 Å². The second kappa shape index (κ2) is 11.5. The number of benzene rings is 2. The van der Waals surface area contributed by atoms with Gasteiger partial charge in [0, 0.05) is 25.0 Å². The van der Waals surface area contributed by atoms with Gasteiger partial charge in [0.05, 0.1) is 33.4 Å². The highest BCUT2D eigenvalue weighted by Gasteiger charge is 2.11. The Bertz CT molecular complexity index is 955. The first kappa shape index (κ1) is 22.8. The smallest absolute Gasteiger partial charge is 0.273 e. The molecule has 2 aromatic carbocycles. The second-order valence-corrected chi connectivity index (χ2v) is 6.07. The fourth-order valence-electron chi connectivity index (χ4n) is 2.39. The van der Waals surface area contributed by atoms with Crippen molar-refractivity contribution in [2.45, 2.75) is 19.3 Å². The molecule has 0 aliphatic carbocycles. The Morgan fingerprint density at radius 3 is 1.55 bits per heavy atom. The van der Waals surface area contributed by atoms with E-state index in [0.29, 0.717) is 0 Å². The van der Waals surface area contributed by atoms with E-state index in [0.717, 1.165) is 0 Å². The van der Waals surface area contributed by atoms with Crippen LogP contribution in [0.15, 0.2) is 58.7 Å². The third-order valence-electron chi connectivity index (χ3n) is 3.86. The molecule has 2 aromatic rings. The molecule has 0 spiro atoms. The van der Waals surface area contributed by atoms with Gasteiger partial charge >= 0.3 is 0 Å². The summed E-state index contributed by atoms with van der Waals surface area (Å²) in [5, 5.41) is 29.2. The molecule has 0 bridgehead atoms. The summed E-state index contributed by atoms with van der Waals surface area (Å²) in [4.78, 5) is 44.2. The van der Waals surface area contributed by atoms with Gasteiger partial charge in [0.25, 0.3) is 11.4 Å². The van der Waals surface area contributed by atoms with Crippen LogP contribution in [0, 0.1) is 20.2 Å². The zero-order valence-corrected chi connectivity index (χ0v) is 16.1. The van der Waals surface area contributed by atoms with Gasteiger partial charge < -0.3 is 0 Å². The molecule has 12 nitrogen and oxygen atoms in total. The van der Waals surface area contributed by atoms with Crippen LogP contribution in [0.2, 0.25) is 0 Å². The highest BCUT2D eigenvalue weighted by molar-refractivity contribution is 5.87. The number of nitro benzene ring substituents is 2. The van der Waals surface area contributed by atoms with E-state index in [1.165, 1.54) is 48.8 Å². The van der Waals surface area contributed by atoms with Gasteiger partial charge in [-0.25, -0.2) is 10.9 Å². The van der Waals surface area contributed by atoms with Crippen molar-refractivity contribution in [3.05, 3.63) is 79.9 Å². The molecule has 2 amide bonds. The van der Waals surface area contributed by atoms with E-state index in [1.807, 2.05) is 0 Å². The van der Waals surface area contributed by atoms with E-state index in [9.17, 15) is 29.8 Å². The van der Waals surface area contributed by atoms with Crippen molar-refractivity contribution in [1.29, 1.82) is 0 Å². The average Bonchev–Trinajstić information content (AvgIpc) is 2.74. The topological polar surface area (TPSA) is 169 Å². The van der Waals surface area contributed by atoms with E-state index >= 15 is 0 Å². The molecular weight excluding hydrogens is 408 g/mol. The molecule has 0 fully saturated rings. The molecule has 0 aliphatic rings. The Balaban J connectivity index is 1.73. The van der Waals surface area contributed by atoms with Gasteiger partial charge in [-0.1, -0.05) is 24.3 Å². The van der Waals surface area contributed by atoms with E-state index in [2.05, 4.69) is 21.1 Å². The monoisotopic (exact) mass is 426 g/mol. The molecule has 12 heteroatoms. The molecule has 0 saturated carbocycles. The summed E-state index contributed by atoms with van der Waals surface area (Å²) in [6.45, 7) is 0. The fraction of sp³-hybridized carbons (Fsp3) is 0.158. The molecule has 31 heavy (non-hydrogen) atoms. The molecule has 0 aliphatic heterocycles. The van der Waals surface area contributed by atoms with Gasteiger partial charge in [0.1, 0.15) is 0 Å². The minimum Gasteiger partial charge on any atom is -0.273 e. The number of nitrogens with one attached hydrogen (secondary N) is 2. The first-order valence-electron chi connectivity index (χ1n) is 8.99. The maximum atomic E-state index is 11.8. The lowest BCUT2D eigenvalue weighted by atomic mass is 10.2. The number of carbonyl (C=O) groups is 2. The van der Waals surface area contributed by atoms with Crippen LogP contribution < -0.4 is 10.9 Å². The van der Waals surface area contributed by atoms with Gasteiger partial charge in [-0.15, -0.1) is 0 Å². The number of carbonyl (C=O) groups excluding carboxylic acids is 2. The van der Waals surface area contributed by atoms with Crippen LogP contribution >= 0.6 is 0 Å². The van der Waals surface area contributed by atoms with Crippen LogP contribution in [0.1, 0.15) is 30.4 Å². The van der Waals surface area contributed by atoms with Crippen molar-refractivity contribution < 1.29 is 19.4 Å². The summed E-state index contributed by atoms with van der Waals surface area (Å²) < 4.78 is 0. The molecule has 0 saturated heterocycles. The zero-order chi connectivity index (χ0) is 22.6. The number of hydrogen-bond acceptors (Lipinski definition) is 8. The molecule has 0 heterocycles. The number of hydrogen-bond donors (Lipinski definition) is 2. The first-order chi connectivity index (χ1) is 14.9. The van der Waals surface area contributed by atoms with Crippen LogP contribution in [-0.4, -0.2) is 34.1 Å². The van der Waals surface area contributed by atoms with Crippen LogP contribution in [0.4, 0.5) is 11.4 Å². The number of para-hydroxylation sites is 2. The lowest BCUT2D eigenvalue weighted by molar-refractivity contribution is -0.385. The average molecular weight is 426 g/mol. The Labute approximate surface area is 176 Å². The maximum Gasteiger partial charge on any atom is 0.278 e. The summed E-state index contributed by atoms with van der Waals surface area (Å²) in [5.41, 5.74) is 4.67. The number of nitro groups is 2. The quantitative estimate of drug-likeness (QED) is 0.335. The standard InChI is InChI=1S/C19H18N6O6/c26-18(22-20-12-14-6-1-3-8-16(14)24(28)29)10-5-11-19(27)23-21-13-15-7-2-4-9-17(15)25(30)31/h1-4,6-9,12-13H,5,10-11H2,(H,22,26)(H,23,27)/b20-12-,21-13+. The van der Waals surface area contributed by atoms with Crippen LogP contribution in [0.3, 0.4) is 0 Å². The number of rotatable bonds is 10. The first-order valence-corrected chi connectivity index (χ1v) is 8.99. The SMILES string of the molecule is O=C(CCCC(=O)N/N=C/c1ccccc1[N+](=O)[O-])N/N=C\c1ccccc1[N+](=O)[O-]. The highest BCUT2D eigenvalue weighted by Crippen LogP contribution is 2.15. The molecule has 2 rings (SSSR count). The molecule has 0 unspecified atom stereocenters. The molecule has 2 N–H and O–H groups in total. The lowest BCUT2D eigenvalue weighted by Gasteiger charge is -2.01. The number of amides is 2. The van der Waals surface area contributed by atoms with Crippen LogP contribution in [0.25, 0.3) is 0 Å². The summed E-state index contributed by atoms with van der Waals surface area (Å²) in [6, 6.07) is 11.9. The largest absolute Gasteiger partial charge is 0.278 e. The van der Waals surface area contributed by atoms with Crippen molar-refractivity contribution >= 4 is 35.6 Å². The van der Waals surface area contributed by atoms with E-state index in [-0.39, 0.29) is 41.8 Å².